The molecule has 5 heteroatoms. The van der Waals surface area contributed by atoms with E-state index in [1.807, 2.05) is 29.1 Å². The molecule has 1 aromatic heterocycles. The lowest BCUT2D eigenvalue weighted by Crippen LogP contribution is -2.19. The molecule has 0 unspecified atom stereocenters. The van der Waals surface area contributed by atoms with Gasteiger partial charge in [0, 0.05) is 29.4 Å². The highest BCUT2D eigenvalue weighted by atomic mass is 79.9. The van der Waals surface area contributed by atoms with E-state index < -0.39 is 0 Å². The second kappa shape index (κ2) is 5.78. The minimum Gasteiger partial charge on any atom is -0.381 e. The van der Waals surface area contributed by atoms with E-state index >= 15 is 0 Å². The lowest BCUT2D eigenvalue weighted by molar-refractivity contribution is 0.0662. The molecule has 1 aromatic carbocycles. The topological polar surface area (TPSA) is 50.8 Å². The summed E-state index contributed by atoms with van der Waals surface area (Å²) in [7, 11) is 0. The fourth-order valence-electron chi connectivity index (χ4n) is 2.46. The number of nitriles is 1. The molecule has 1 aliphatic rings. The average molecular weight is 332 g/mol. The van der Waals surface area contributed by atoms with Crippen molar-refractivity contribution in [3.05, 3.63) is 40.6 Å². The third-order valence-electron chi connectivity index (χ3n) is 3.53. The van der Waals surface area contributed by atoms with Gasteiger partial charge in [-0.2, -0.15) is 10.4 Å². The first-order valence-electron chi connectivity index (χ1n) is 6.59. The molecule has 1 saturated heterocycles. The van der Waals surface area contributed by atoms with Crippen molar-refractivity contribution in [3.63, 3.8) is 0 Å². The maximum atomic E-state index is 9.04. The lowest BCUT2D eigenvalue weighted by Gasteiger charge is -2.22. The normalized spacial score (nSPS) is 16.0. The largest absolute Gasteiger partial charge is 0.381 e. The Hall–Kier alpha value is -1.64. The van der Waals surface area contributed by atoms with Crippen LogP contribution in [0.5, 0.6) is 0 Å². The van der Waals surface area contributed by atoms with Crippen LogP contribution in [0.25, 0.3) is 11.1 Å². The van der Waals surface area contributed by atoms with Crippen LogP contribution >= 0.6 is 15.9 Å². The summed E-state index contributed by atoms with van der Waals surface area (Å²) in [6.45, 7) is 1.60. The minimum atomic E-state index is 0.417. The quantitative estimate of drug-likeness (QED) is 0.845. The second-order valence-electron chi connectivity index (χ2n) is 4.89. The van der Waals surface area contributed by atoms with Gasteiger partial charge in [-0.05, 0) is 36.6 Å². The van der Waals surface area contributed by atoms with E-state index in [1.165, 1.54) is 0 Å². The predicted molar refractivity (Wildman–Crippen MR) is 79.2 cm³/mol. The second-order valence-corrected chi connectivity index (χ2v) is 5.81. The van der Waals surface area contributed by atoms with Gasteiger partial charge in [-0.15, -0.1) is 0 Å². The number of hydrogen-bond acceptors (Lipinski definition) is 3. The molecular formula is C15H14BrN3O. The van der Waals surface area contributed by atoms with Gasteiger partial charge < -0.3 is 4.74 Å². The third kappa shape index (κ3) is 2.77. The number of benzene rings is 1. The Morgan fingerprint density at radius 3 is 2.80 bits per heavy atom. The van der Waals surface area contributed by atoms with Crippen LogP contribution < -0.4 is 0 Å². The predicted octanol–water partition coefficient (Wildman–Crippen LogP) is 3.54. The van der Waals surface area contributed by atoms with Crippen molar-refractivity contribution < 1.29 is 4.74 Å². The van der Waals surface area contributed by atoms with Crippen molar-refractivity contribution in [1.82, 2.24) is 9.78 Å². The number of ether oxygens (including phenoxy) is 1. The van der Waals surface area contributed by atoms with Crippen molar-refractivity contribution in [2.75, 3.05) is 13.2 Å². The maximum Gasteiger partial charge on any atom is 0.0992 e. The van der Waals surface area contributed by atoms with E-state index in [1.54, 1.807) is 0 Å². The van der Waals surface area contributed by atoms with E-state index in [2.05, 4.69) is 33.3 Å². The average Bonchev–Trinajstić information content (AvgIpc) is 2.97. The lowest BCUT2D eigenvalue weighted by atomic mass is 10.1. The Bertz CT molecular complexity index is 653. The molecule has 0 aliphatic carbocycles. The molecule has 3 rings (SSSR count). The molecule has 1 aliphatic heterocycles. The van der Waals surface area contributed by atoms with Crippen LogP contribution in [0.15, 0.2) is 35.1 Å². The van der Waals surface area contributed by atoms with Crippen molar-refractivity contribution in [1.29, 1.82) is 5.26 Å². The minimum absolute atomic E-state index is 0.417. The fourth-order valence-corrected chi connectivity index (χ4v) is 2.95. The molecule has 0 bridgehead atoms. The first-order chi connectivity index (χ1) is 9.76. The Kier molecular flexibility index (Phi) is 3.86. The van der Waals surface area contributed by atoms with Gasteiger partial charge in [0.05, 0.1) is 23.9 Å². The molecule has 20 heavy (non-hydrogen) atoms. The Balaban J connectivity index is 1.90. The molecule has 2 aromatic rings. The Morgan fingerprint density at radius 2 is 2.05 bits per heavy atom. The van der Waals surface area contributed by atoms with Gasteiger partial charge >= 0.3 is 0 Å². The van der Waals surface area contributed by atoms with Gasteiger partial charge in [0.15, 0.2) is 0 Å². The summed E-state index contributed by atoms with van der Waals surface area (Å²) in [5.41, 5.74) is 2.69. The zero-order valence-corrected chi connectivity index (χ0v) is 12.5. The molecule has 1 fully saturated rings. The highest BCUT2D eigenvalue weighted by Gasteiger charge is 2.16. The fraction of sp³-hybridized carbons (Fsp3) is 0.333. The zero-order valence-electron chi connectivity index (χ0n) is 10.9. The smallest absolute Gasteiger partial charge is 0.0992 e. The van der Waals surface area contributed by atoms with Crippen molar-refractivity contribution in [2.24, 2.45) is 0 Å². The zero-order chi connectivity index (χ0) is 13.9. The SMILES string of the molecule is N#Cc1cc(Br)cc(-c2cnn(C3CCOCC3)c2)c1. The maximum absolute atomic E-state index is 9.04. The molecule has 0 radical (unpaired) electrons. The van der Waals surface area contributed by atoms with Gasteiger partial charge in [0.1, 0.15) is 0 Å². The van der Waals surface area contributed by atoms with E-state index in [0.717, 1.165) is 41.7 Å². The van der Waals surface area contributed by atoms with Gasteiger partial charge in [-0.25, -0.2) is 0 Å². The molecule has 0 saturated carbocycles. The van der Waals surface area contributed by atoms with Gasteiger partial charge in [0.2, 0.25) is 0 Å². The molecule has 2 heterocycles. The number of halogens is 1. The molecule has 0 N–H and O–H groups in total. The molecule has 0 amide bonds. The highest BCUT2D eigenvalue weighted by Crippen LogP contribution is 2.27. The van der Waals surface area contributed by atoms with Crippen molar-refractivity contribution >= 4 is 15.9 Å². The number of nitrogens with zero attached hydrogens (tertiary/aromatic N) is 3. The van der Waals surface area contributed by atoms with Crippen LogP contribution in [0, 0.1) is 11.3 Å². The van der Waals surface area contributed by atoms with Crippen LogP contribution in [0.2, 0.25) is 0 Å². The van der Waals surface area contributed by atoms with E-state index in [-0.39, 0.29) is 0 Å². The molecule has 0 atom stereocenters. The summed E-state index contributed by atoms with van der Waals surface area (Å²) < 4.78 is 8.30. The Morgan fingerprint density at radius 1 is 1.25 bits per heavy atom. The number of hydrogen-bond donors (Lipinski definition) is 0. The van der Waals surface area contributed by atoms with Gasteiger partial charge in [0.25, 0.3) is 0 Å². The summed E-state index contributed by atoms with van der Waals surface area (Å²) in [5.74, 6) is 0. The number of rotatable bonds is 2. The van der Waals surface area contributed by atoms with Gasteiger partial charge in [-0.3, -0.25) is 4.68 Å². The highest BCUT2D eigenvalue weighted by molar-refractivity contribution is 9.10. The summed E-state index contributed by atoms with van der Waals surface area (Å²) in [5, 5.41) is 13.5. The van der Waals surface area contributed by atoms with Crippen LogP contribution in [0.4, 0.5) is 0 Å². The summed E-state index contributed by atoms with van der Waals surface area (Å²) >= 11 is 3.44. The van der Waals surface area contributed by atoms with Crippen LogP contribution in [-0.4, -0.2) is 23.0 Å². The van der Waals surface area contributed by atoms with Crippen molar-refractivity contribution in [3.8, 4) is 17.2 Å². The number of aromatic nitrogens is 2. The van der Waals surface area contributed by atoms with Gasteiger partial charge in [-0.1, -0.05) is 15.9 Å². The molecule has 0 spiro atoms. The first-order valence-corrected chi connectivity index (χ1v) is 7.38. The van der Waals surface area contributed by atoms with E-state index in [9.17, 15) is 0 Å². The standard InChI is InChI=1S/C15H14BrN3O/c16-14-6-11(8-17)5-12(7-14)13-9-18-19(10-13)15-1-3-20-4-2-15/h5-7,9-10,15H,1-4H2. The molecule has 102 valence electrons. The monoisotopic (exact) mass is 331 g/mol. The summed E-state index contributed by atoms with van der Waals surface area (Å²) in [4.78, 5) is 0. The Labute approximate surface area is 126 Å². The van der Waals surface area contributed by atoms with Crippen molar-refractivity contribution in [2.45, 2.75) is 18.9 Å². The first kappa shape index (κ1) is 13.3. The van der Waals surface area contributed by atoms with E-state index in [4.69, 9.17) is 10.00 Å². The molecular weight excluding hydrogens is 318 g/mol. The van der Waals surface area contributed by atoms with Crippen LogP contribution in [-0.2, 0) is 4.74 Å². The molecule has 4 nitrogen and oxygen atoms in total. The summed E-state index contributed by atoms with van der Waals surface area (Å²) in [6, 6.07) is 8.29. The third-order valence-corrected chi connectivity index (χ3v) is 3.98. The van der Waals surface area contributed by atoms with Crippen LogP contribution in [0.1, 0.15) is 24.4 Å². The summed E-state index contributed by atoms with van der Waals surface area (Å²) in [6.07, 6.45) is 5.92. The van der Waals surface area contributed by atoms with Crippen LogP contribution in [0.3, 0.4) is 0 Å². The van der Waals surface area contributed by atoms with E-state index in [0.29, 0.717) is 11.6 Å².